The molecule has 0 saturated heterocycles. The molecule has 0 radical (unpaired) electrons. The van der Waals surface area contributed by atoms with Crippen molar-refractivity contribution in [2.75, 3.05) is 0 Å². The van der Waals surface area contributed by atoms with Crippen LogP contribution in [0.1, 0.15) is 47.4 Å². The number of hydrogen-bond donors (Lipinski definition) is 3. The number of sulfonamides is 1. The Bertz CT molecular complexity index is 1190. The van der Waals surface area contributed by atoms with E-state index in [0.717, 1.165) is 5.56 Å². The lowest BCUT2D eigenvalue weighted by atomic mass is 10.2. The zero-order valence-electron chi connectivity index (χ0n) is 18.1. The number of nitrogens with one attached hydrogen (secondary N) is 3. The van der Waals surface area contributed by atoms with Crippen LogP contribution in [0.25, 0.3) is 0 Å². The molecule has 11 heteroatoms. The molecule has 3 N–H and O–H groups in total. The smallest absolute Gasteiger partial charge is 0.269 e. The Hall–Kier alpha value is -3.57. The van der Waals surface area contributed by atoms with Crippen LogP contribution in [0.4, 0.5) is 0 Å². The van der Waals surface area contributed by atoms with E-state index in [4.69, 9.17) is 4.52 Å². The van der Waals surface area contributed by atoms with Gasteiger partial charge < -0.3 is 4.52 Å². The van der Waals surface area contributed by atoms with Gasteiger partial charge >= 0.3 is 0 Å². The van der Waals surface area contributed by atoms with Gasteiger partial charge in [0.05, 0.1) is 4.90 Å². The fourth-order valence-corrected chi connectivity index (χ4v) is 3.92. The number of aromatic nitrogens is 2. The summed E-state index contributed by atoms with van der Waals surface area (Å²) in [7, 11) is -3.82. The maximum Gasteiger partial charge on any atom is 0.269 e. The van der Waals surface area contributed by atoms with E-state index in [9.17, 15) is 18.0 Å². The Labute approximate surface area is 191 Å². The Balaban J connectivity index is 1.48. The monoisotopic (exact) mass is 471 g/mol. The molecule has 0 aliphatic rings. The molecular formula is C22H25N5O5S. The minimum atomic E-state index is -3.82. The normalized spacial score (nSPS) is 11.2. The minimum absolute atomic E-state index is 0.0524. The van der Waals surface area contributed by atoms with Crippen molar-refractivity contribution in [3.8, 4) is 0 Å². The van der Waals surface area contributed by atoms with Gasteiger partial charge in [0.1, 0.15) is 0 Å². The first-order valence-electron chi connectivity index (χ1n) is 10.4. The SMILES string of the molecule is CCc1noc(CCCC(=O)NNC(=O)c2cccc(S(=O)(=O)NCc3ccccc3)c2)n1. The first-order chi connectivity index (χ1) is 15.9. The molecule has 0 unspecified atom stereocenters. The topological polar surface area (TPSA) is 143 Å². The molecule has 2 amide bonds. The number of benzene rings is 2. The molecule has 2 aromatic carbocycles. The van der Waals surface area contributed by atoms with Crippen LogP contribution in [-0.4, -0.2) is 30.4 Å². The quantitative estimate of drug-likeness (QED) is 0.383. The predicted octanol–water partition coefficient (Wildman–Crippen LogP) is 1.89. The van der Waals surface area contributed by atoms with Crippen LogP contribution < -0.4 is 15.6 Å². The van der Waals surface area contributed by atoms with Crippen molar-refractivity contribution >= 4 is 21.8 Å². The molecule has 0 spiro atoms. The van der Waals surface area contributed by atoms with Crippen LogP contribution in [0.5, 0.6) is 0 Å². The highest BCUT2D eigenvalue weighted by Gasteiger charge is 2.16. The second-order valence-corrected chi connectivity index (χ2v) is 8.92. The van der Waals surface area contributed by atoms with Crippen molar-refractivity contribution in [2.45, 2.75) is 44.0 Å². The Kier molecular flexibility index (Phi) is 8.28. The lowest BCUT2D eigenvalue weighted by molar-refractivity contribution is -0.121. The maximum absolute atomic E-state index is 12.6. The number of nitrogens with zero attached hydrogens (tertiary/aromatic N) is 2. The van der Waals surface area contributed by atoms with Crippen LogP contribution in [-0.2, 0) is 34.2 Å². The predicted molar refractivity (Wildman–Crippen MR) is 119 cm³/mol. The van der Waals surface area contributed by atoms with Gasteiger partial charge in [-0.15, -0.1) is 0 Å². The third kappa shape index (κ3) is 7.22. The zero-order valence-corrected chi connectivity index (χ0v) is 18.9. The van der Waals surface area contributed by atoms with Gasteiger partial charge in [-0.05, 0) is 30.2 Å². The van der Waals surface area contributed by atoms with Crippen molar-refractivity contribution < 1.29 is 22.5 Å². The van der Waals surface area contributed by atoms with Crippen molar-refractivity contribution in [3.63, 3.8) is 0 Å². The Morgan fingerprint density at radius 1 is 1.03 bits per heavy atom. The number of hydrazine groups is 1. The molecule has 0 saturated carbocycles. The third-order valence-electron chi connectivity index (χ3n) is 4.65. The average Bonchev–Trinajstić information content (AvgIpc) is 3.30. The summed E-state index contributed by atoms with van der Waals surface area (Å²) in [6.45, 7) is 2.04. The zero-order chi connectivity index (χ0) is 23.7. The molecule has 174 valence electrons. The lowest BCUT2D eigenvalue weighted by Gasteiger charge is -2.10. The average molecular weight is 472 g/mol. The summed E-state index contributed by atoms with van der Waals surface area (Å²) in [5.41, 5.74) is 5.51. The summed E-state index contributed by atoms with van der Waals surface area (Å²) in [6.07, 6.45) is 1.72. The number of aryl methyl sites for hydroxylation is 2. The van der Waals surface area contributed by atoms with E-state index in [1.54, 1.807) is 12.1 Å². The third-order valence-corrected chi connectivity index (χ3v) is 6.05. The van der Waals surface area contributed by atoms with Crippen molar-refractivity contribution in [2.24, 2.45) is 0 Å². The van der Waals surface area contributed by atoms with Crippen molar-refractivity contribution in [3.05, 3.63) is 77.4 Å². The van der Waals surface area contributed by atoms with E-state index < -0.39 is 21.8 Å². The van der Waals surface area contributed by atoms with Gasteiger partial charge in [0, 0.05) is 31.4 Å². The van der Waals surface area contributed by atoms with Crippen LogP contribution in [0.15, 0.2) is 64.0 Å². The van der Waals surface area contributed by atoms with Gasteiger partial charge in [-0.2, -0.15) is 4.98 Å². The maximum atomic E-state index is 12.6. The van der Waals surface area contributed by atoms with E-state index >= 15 is 0 Å². The fraction of sp³-hybridized carbons (Fsp3) is 0.273. The largest absolute Gasteiger partial charge is 0.339 e. The van der Waals surface area contributed by atoms with Crippen LogP contribution in [0.2, 0.25) is 0 Å². The lowest BCUT2D eigenvalue weighted by Crippen LogP contribution is -2.41. The molecule has 33 heavy (non-hydrogen) atoms. The second kappa shape index (κ2) is 11.3. The van der Waals surface area contributed by atoms with Crippen molar-refractivity contribution in [1.29, 1.82) is 0 Å². The van der Waals surface area contributed by atoms with Crippen LogP contribution >= 0.6 is 0 Å². The molecular weight excluding hydrogens is 446 g/mol. The highest BCUT2D eigenvalue weighted by molar-refractivity contribution is 7.89. The van der Waals surface area contributed by atoms with Gasteiger partial charge in [-0.25, -0.2) is 13.1 Å². The molecule has 10 nitrogen and oxygen atoms in total. The van der Waals surface area contributed by atoms with E-state index in [-0.39, 0.29) is 23.4 Å². The number of carbonyl (C=O) groups is 2. The first kappa shape index (κ1) is 24.1. The van der Waals surface area contributed by atoms with Gasteiger partial charge in [0.2, 0.25) is 21.8 Å². The number of hydrogen-bond acceptors (Lipinski definition) is 7. The molecule has 0 fully saturated rings. The number of carbonyl (C=O) groups excluding carboxylic acids is 2. The summed E-state index contributed by atoms with van der Waals surface area (Å²) in [4.78, 5) is 28.5. The first-order valence-corrected chi connectivity index (χ1v) is 11.9. The molecule has 0 atom stereocenters. The van der Waals surface area contributed by atoms with Crippen LogP contribution in [0.3, 0.4) is 0 Å². The van der Waals surface area contributed by atoms with Gasteiger partial charge in [0.15, 0.2) is 5.82 Å². The standard InChI is InChI=1S/C22H25N5O5S/c1-2-19-24-21(32-27-19)13-7-12-20(28)25-26-22(29)17-10-6-11-18(14-17)33(30,31)23-15-16-8-4-3-5-9-16/h3-6,8-11,14,23H,2,7,12-13,15H2,1H3,(H,25,28)(H,26,29). The van der Waals surface area contributed by atoms with Gasteiger partial charge in [-0.3, -0.25) is 20.4 Å². The highest BCUT2D eigenvalue weighted by Crippen LogP contribution is 2.12. The van der Waals surface area contributed by atoms with E-state index in [0.29, 0.717) is 31.0 Å². The Morgan fingerprint density at radius 3 is 2.55 bits per heavy atom. The molecule has 0 aliphatic carbocycles. The molecule has 1 aromatic heterocycles. The summed E-state index contributed by atoms with van der Waals surface area (Å²) in [5.74, 6) is 0.0450. The fourth-order valence-electron chi connectivity index (χ4n) is 2.86. The summed E-state index contributed by atoms with van der Waals surface area (Å²) in [5, 5.41) is 3.79. The van der Waals surface area contributed by atoms with E-state index in [1.165, 1.54) is 24.3 Å². The molecule has 0 bridgehead atoms. The molecule has 1 heterocycles. The highest BCUT2D eigenvalue weighted by atomic mass is 32.2. The Morgan fingerprint density at radius 2 is 1.82 bits per heavy atom. The summed E-state index contributed by atoms with van der Waals surface area (Å²) >= 11 is 0. The van der Waals surface area contributed by atoms with Gasteiger partial charge in [0.25, 0.3) is 5.91 Å². The van der Waals surface area contributed by atoms with Crippen LogP contribution in [0, 0.1) is 0 Å². The summed E-state index contributed by atoms with van der Waals surface area (Å²) in [6, 6.07) is 14.6. The molecule has 3 aromatic rings. The van der Waals surface area contributed by atoms with Crippen molar-refractivity contribution in [1.82, 2.24) is 25.7 Å². The number of amides is 2. The minimum Gasteiger partial charge on any atom is -0.339 e. The number of rotatable bonds is 10. The molecule has 0 aliphatic heterocycles. The van der Waals surface area contributed by atoms with E-state index in [2.05, 4.69) is 25.7 Å². The van der Waals surface area contributed by atoms with Gasteiger partial charge in [-0.1, -0.05) is 48.5 Å². The second-order valence-electron chi connectivity index (χ2n) is 7.15. The van der Waals surface area contributed by atoms with E-state index in [1.807, 2.05) is 25.1 Å². The molecule has 3 rings (SSSR count). The summed E-state index contributed by atoms with van der Waals surface area (Å²) < 4.78 is 32.7.